The van der Waals surface area contributed by atoms with Crippen molar-refractivity contribution in [1.29, 1.82) is 0 Å². The monoisotopic (exact) mass is 445 g/mol. The maximum atomic E-state index is 6.40. The molecule has 2 aromatic heterocycles. The Morgan fingerprint density at radius 3 is 2.76 bits per heavy atom. The lowest BCUT2D eigenvalue weighted by Gasteiger charge is -2.25. The second kappa shape index (κ2) is 8.74. The van der Waals surface area contributed by atoms with Crippen LogP contribution >= 0.6 is 35.4 Å². The van der Waals surface area contributed by atoms with E-state index in [0.717, 1.165) is 41.5 Å². The summed E-state index contributed by atoms with van der Waals surface area (Å²) >= 11 is 18.2. The number of aromatic nitrogens is 1. The van der Waals surface area contributed by atoms with Gasteiger partial charge in [-0.2, -0.15) is 0 Å². The van der Waals surface area contributed by atoms with Crippen LogP contribution in [0, 0.1) is 0 Å². The van der Waals surface area contributed by atoms with E-state index in [1.165, 1.54) is 0 Å². The predicted molar refractivity (Wildman–Crippen MR) is 121 cm³/mol. The molecule has 2 atom stereocenters. The minimum atomic E-state index is -0.0885. The Kier molecular flexibility index (Phi) is 6.09. The van der Waals surface area contributed by atoms with Gasteiger partial charge in [-0.3, -0.25) is 4.98 Å². The van der Waals surface area contributed by atoms with Gasteiger partial charge in [-0.15, -0.1) is 0 Å². The number of unbranched alkanes of at least 4 members (excludes halogenated alkanes) is 1. The number of nitrogens with one attached hydrogen (secondary N) is 1. The summed E-state index contributed by atoms with van der Waals surface area (Å²) in [6, 6.07) is 15.2. The fourth-order valence-corrected chi connectivity index (χ4v) is 4.36. The van der Waals surface area contributed by atoms with Crippen molar-refractivity contribution in [1.82, 2.24) is 15.2 Å². The molecule has 1 N–H and O–H groups in total. The van der Waals surface area contributed by atoms with Gasteiger partial charge < -0.3 is 14.6 Å². The summed E-state index contributed by atoms with van der Waals surface area (Å²) in [6.07, 6.45) is 3.92. The van der Waals surface area contributed by atoms with E-state index < -0.39 is 0 Å². The lowest BCUT2D eigenvalue weighted by Crippen LogP contribution is -2.30. The van der Waals surface area contributed by atoms with Crippen molar-refractivity contribution in [3.63, 3.8) is 0 Å². The van der Waals surface area contributed by atoms with Crippen molar-refractivity contribution in [2.45, 2.75) is 31.8 Å². The first-order valence-electron chi connectivity index (χ1n) is 9.62. The van der Waals surface area contributed by atoms with Gasteiger partial charge in [-0.05, 0) is 55.0 Å². The van der Waals surface area contributed by atoms with Gasteiger partial charge in [-0.25, -0.2) is 0 Å². The zero-order chi connectivity index (χ0) is 20.4. The van der Waals surface area contributed by atoms with Crippen LogP contribution in [0.15, 0.2) is 59.1 Å². The van der Waals surface area contributed by atoms with Crippen LogP contribution in [0.4, 0.5) is 0 Å². The largest absolute Gasteiger partial charge is 0.459 e. The van der Waals surface area contributed by atoms with Gasteiger partial charge >= 0.3 is 0 Å². The first-order chi connectivity index (χ1) is 14.1. The first kappa shape index (κ1) is 20.2. The Morgan fingerprint density at radius 1 is 1.14 bits per heavy atom. The average molecular weight is 446 g/mol. The summed E-state index contributed by atoms with van der Waals surface area (Å²) < 4.78 is 6.29. The van der Waals surface area contributed by atoms with E-state index in [1.807, 2.05) is 42.5 Å². The number of hydrogen-bond acceptors (Lipinski definition) is 3. The number of pyridine rings is 1. The minimum absolute atomic E-state index is 0.0874. The Morgan fingerprint density at radius 2 is 2.00 bits per heavy atom. The van der Waals surface area contributed by atoms with Crippen molar-refractivity contribution in [2.75, 3.05) is 6.54 Å². The molecule has 1 saturated heterocycles. The van der Waals surface area contributed by atoms with Crippen LogP contribution in [-0.2, 0) is 0 Å². The highest BCUT2D eigenvalue weighted by Gasteiger charge is 2.41. The topological polar surface area (TPSA) is 41.3 Å². The third kappa shape index (κ3) is 4.00. The molecule has 1 aliphatic rings. The zero-order valence-corrected chi connectivity index (χ0v) is 18.3. The second-order valence-corrected chi connectivity index (χ2v) is 8.15. The Bertz CT molecular complexity index is 1010. The molecule has 3 heterocycles. The summed E-state index contributed by atoms with van der Waals surface area (Å²) in [7, 11) is 0. The lowest BCUT2D eigenvalue weighted by molar-refractivity contribution is 0.271. The van der Waals surface area contributed by atoms with Gasteiger partial charge in [0.15, 0.2) is 5.11 Å². The molecule has 0 unspecified atom stereocenters. The van der Waals surface area contributed by atoms with Crippen LogP contribution < -0.4 is 5.32 Å². The number of hydrogen-bond donors (Lipinski definition) is 1. The number of rotatable bonds is 6. The van der Waals surface area contributed by atoms with Crippen molar-refractivity contribution in [3.05, 3.63) is 76.2 Å². The number of halogens is 2. The molecule has 0 radical (unpaired) electrons. The summed E-state index contributed by atoms with van der Waals surface area (Å²) in [5.74, 6) is 1.50. The van der Waals surface area contributed by atoms with Crippen molar-refractivity contribution < 1.29 is 4.42 Å². The first-order valence-corrected chi connectivity index (χ1v) is 10.8. The van der Waals surface area contributed by atoms with E-state index in [1.54, 1.807) is 12.3 Å². The van der Waals surface area contributed by atoms with Crippen molar-refractivity contribution in [2.24, 2.45) is 0 Å². The van der Waals surface area contributed by atoms with Crippen LogP contribution in [0.2, 0.25) is 10.0 Å². The molecule has 4 nitrogen and oxygen atoms in total. The van der Waals surface area contributed by atoms with E-state index in [-0.39, 0.29) is 12.1 Å². The van der Waals surface area contributed by atoms with Gasteiger partial charge in [0.2, 0.25) is 0 Å². The van der Waals surface area contributed by atoms with Crippen molar-refractivity contribution >= 4 is 40.5 Å². The standard InChI is InChI=1S/C22H21Cl2N3OS/c1-2-3-13-27-21(20(26-22(27)29)16-9-4-5-12-25-16)18-11-10-17(28-18)14-7-6-8-15(23)19(14)24/h4-12,20-21H,2-3,13H2,1H3,(H,26,29)/t20-,21+/m1/s1. The zero-order valence-electron chi connectivity index (χ0n) is 15.9. The molecule has 1 fully saturated rings. The Labute approximate surface area is 185 Å². The molecule has 1 aliphatic heterocycles. The average Bonchev–Trinajstić information content (AvgIpc) is 3.33. The van der Waals surface area contributed by atoms with Gasteiger partial charge in [-0.1, -0.05) is 48.7 Å². The van der Waals surface area contributed by atoms with E-state index in [0.29, 0.717) is 15.8 Å². The maximum Gasteiger partial charge on any atom is 0.170 e. The van der Waals surface area contributed by atoms with E-state index >= 15 is 0 Å². The van der Waals surface area contributed by atoms with Gasteiger partial charge in [0, 0.05) is 18.3 Å². The number of benzene rings is 1. The van der Waals surface area contributed by atoms with E-state index in [2.05, 4.69) is 22.1 Å². The fourth-order valence-electron chi connectivity index (χ4n) is 3.63. The van der Waals surface area contributed by atoms with Crippen LogP contribution in [0.5, 0.6) is 0 Å². The molecule has 7 heteroatoms. The molecule has 0 bridgehead atoms. The molecule has 0 aliphatic carbocycles. The Hall–Kier alpha value is -2.08. The third-order valence-corrected chi connectivity index (χ3v) is 6.26. The molecule has 3 aromatic rings. The molecule has 0 amide bonds. The van der Waals surface area contributed by atoms with Gasteiger partial charge in [0.05, 0.1) is 21.8 Å². The molecule has 4 rings (SSSR count). The highest BCUT2D eigenvalue weighted by atomic mass is 35.5. The van der Waals surface area contributed by atoms with E-state index in [4.69, 9.17) is 39.8 Å². The minimum Gasteiger partial charge on any atom is -0.459 e. The van der Waals surface area contributed by atoms with Crippen LogP contribution in [0.25, 0.3) is 11.3 Å². The summed E-state index contributed by atoms with van der Waals surface area (Å²) in [4.78, 5) is 6.74. The summed E-state index contributed by atoms with van der Waals surface area (Å²) in [6.45, 7) is 3.02. The molecule has 150 valence electrons. The van der Waals surface area contributed by atoms with Crippen LogP contribution in [0.1, 0.15) is 43.3 Å². The predicted octanol–water partition coefficient (Wildman–Crippen LogP) is 6.42. The molecule has 0 saturated carbocycles. The number of thiocarbonyl (C=S) groups is 1. The summed E-state index contributed by atoms with van der Waals surface area (Å²) in [5.41, 5.74) is 1.70. The number of nitrogens with zero attached hydrogens (tertiary/aromatic N) is 2. The highest BCUT2D eigenvalue weighted by Crippen LogP contribution is 2.42. The SMILES string of the molecule is CCCCN1C(=S)N[C@H](c2ccccn2)[C@@H]1c1ccc(-c2cccc(Cl)c2Cl)o1. The fraction of sp³-hybridized carbons (Fsp3) is 0.273. The molecule has 1 aromatic carbocycles. The van der Waals surface area contributed by atoms with Gasteiger partial charge in [0.25, 0.3) is 0 Å². The number of furan rings is 1. The molecular weight excluding hydrogens is 425 g/mol. The highest BCUT2D eigenvalue weighted by molar-refractivity contribution is 7.80. The second-order valence-electron chi connectivity index (χ2n) is 6.98. The summed E-state index contributed by atoms with van der Waals surface area (Å²) in [5, 5.41) is 5.14. The third-order valence-electron chi connectivity index (χ3n) is 5.09. The van der Waals surface area contributed by atoms with E-state index in [9.17, 15) is 0 Å². The smallest absolute Gasteiger partial charge is 0.170 e. The van der Waals surface area contributed by atoms with Crippen LogP contribution in [-0.4, -0.2) is 21.5 Å². The van der Waals surface area contributed by atoms with Gasteiger partial charge in [0.1, 0.15) is 17.6 Å². The molecule has 29 heavy (non-hydrogen) atoms. The molecule has 0 spiro atoms. The maximum absolute atomic E-state index is 6.40. The van der Waals surface area contributed by atoms with Crippen molar-refractivity contribution in [3.8, 4) is 11.3 Å². The quantitative estimate of drug-likeness (QED) is 0.443. The van der Waals surface area contributed by atoms with Crippen LogP contribution in [0.3, 0.4) is 0 Å². The lowest BCUT2D eigenvalue weighted by atomic mass is 10.0. The normalized spacial score (nSPS) is 18.9. The molecular formula is C22H21Cl2N3OS. The Balaban J connectivity index is 1.73.